The zero-order chi connectivity index (χ0) is 20.9. The standard InChI is InChI=1S/C25H38N2O3/c1-24-9-7-19-18-8-10-25(29,15-30-2)13-17(18)3-4-20(19)21(24)5-6-22(24)23(28)14-27-12-11-26-16-27/h11-12,16-22,29H,3-10,13-15H2,1-2H3/t17-,18+,19?,20?,21?,22-,24+,25-/m1/s1. The van der Waals surface area contributed by atoms with E-state index in [1.165, 1.54) is 32.1 Å². The molecule has 166 valence electrons. The van der Waals surface area contributed by atoms with Gasteiger partial charge in [0.1, 0.15) is 0 Å². The predicted molar refractivity (Wildman–Crippen MR) is 115 cm³/mol. The van der Waals surface area contributed by atoms with Gasteiger partial charge < -0.3 is 14.4 Å². The van der Waals surface area contributed by atoms with Crippen LogP contribution in [0.5, 0.6) is 0 Å². The van der Waals surface area contributed by atoms with E-state index in [0.717, 1.165) is 43.4 Å². The Labute approximate surface area is 180 Å². The molecule has 3 unspecified atom stereocenters. The number of rotatable bonds is 5. The van der Waals surface area contributed by atoms with Gasteiger partial charge in [0.15, 0.2) is 5.78 Å². The number of aliphatic hydroxyl groups is 1. The number of fused-ring (bicyclic) bond motifs is 5. The Bertz CT molecular complexity index is 764. The van der Waals surface area contributed by atoms with Gasteiger partial charge in [-0.15, -0.1) is 0 Å². The number of ketones is 1. The molecule has 30 heavy (non-hydrogen) atoms. The lowest BCUT2D eigenvalue weighted by molar-refractivity contribution is -0.136. The molecule has 5 nitrogen and oxygen atoms in total. The van der Waals surface area contributed by atoms with Crippen molar-refractivity contribution in [3.63, 3.8) is 0 Å². The fraction of sp³-hybridized carbons (Fsp3) is 0.840. The summed E-state index contributed by atoms with van der Waals surface area (Å²) in [5.74, 6) is 4.33. The molecule has 4 aliphatic carbocycles. The smallest absolute Gasteiger partial charge is 0.156 e. The topological polar surface area (TPSA) is 64.3 Å². The third-order valence-electron chi connectivity index (χ3n) is 9.80. The zero-order valence-corrected chi connectivity index (χ0v) is 18.6. The van der Waals surface area contributed by atoms with Crippen molar-refractivity contribution in [2.75, 3.05) is 13.7 Å². The number of carbonyl (C=O) groups is 1. The normalized spacial score (nSPS) is 45.4. The van der Waals surface area contributed by atoms with Gasteiger partial charge in [-0.05, 0) is 92.8 Å². The first-order valence-corrected chi connectivity index (χ1v) is 12.1. The van der Waals surface area contributed by atoms with E-state index in [-0.39, 0.29) is 11.3 Å². The fourth-order valence-corrected chi connectivity index (χ4v) is 8.56. The van der Waals surface area contributed by atoms with Crippen molar-refractivity contribution in [2.24, 2.45) is 40.9 Å². The largest absolute Gasteiger partial charge is 0.387 e. The van der Waals surface area contributed by atoms with Gasteiger partial charge in [0.25, 0.3) is 0 Å². The Morgan fingerprint density at radius 3 is 2.73 bits per heavy atom. The van der Waals surface area contributed by atoms with E-state index in [1.54, 1.807) is 19.6 Å². The lowest BCUT2D eigenvalue weighted by Crippen LogP contribution is -2.52. The van der Waals surface area contributed by atoms with Gasteiger partial charge in [0, 0.05) is 25.4 Å². The van der Waals surface area contributed by atoms with E-state index in [2.05, 4.69) is 11.9 Å². The van der Waals surface area contributed by atoms with Crippen molar-refractivity contribution in [1.29, 1.82) is 0 Å². The number of methoxy groups -OCH3 is 1. The Balaban J connectivity index is 1.29. The first-order valence-electron chi connectivity index (χ1n) is 12.1. The molecule has 0 amide bonds. The van der Waals surface area contributed by atoms with Crippen molar-refractivity contribution in [2.45, 2.75) is 76.9 Å². The number of imidazole rings is 1. The summed E-state index contributed by atoms with van der Waals surface area (Å²) in [6.07, 6.45) is 15.7. The SMILES string of the molecule is COC[C@@]1(O)CC[C@@H]2C3CC[C@@]4(C)C(CC[C@@H]4C(=O)Cn4ccnc4)C3CC[C@@H]2C1. The Morgan fingerprint density at radius 1 is 1.13 bits per heavy atom. The lowest BCUT2D eigenvalue weighted by Gasteiger charge is -2.57. The van der Waals surface area contributed by atoms with Crippen LogP contribution in [0.2, 0.25) is 0 Å². The summed E-state index contributed by atoms with van der Waals surface area (Å²) in [7, 11) is 1.70. The molecule has 4 saturated carbocycles. The first kappa shape index (κ1) is 20.7. The van der Waals surface area contributed by atoms with Gasteiger partial charge in [0.05, 0.1) is 25.1 Å². The van der Waals surface area contributed by atoms with Crippen molar-refractivity contribution in [1.82, 2.24) is 9.55 Å². The van der Waals surface area contributed by atoms with E-state index >= 15 is 0 Å². The van der Waals surface area contributed by atoms with E-state index in [1.807, 2.05) is 10.8 Å². The average molecular weight is 415 g/mol. The quantitative estimate of drug-likeness (QED) is 0.788. The van der Waals surface area contributed by atoms with E-state index < -0.39 is 5.60 Å². The third-order valence-corrected chi connectivity index (χ3v) is 9.80. The second kappa shape index (κ2) is 7.74. The molecule has 5 heteroatoms. The molecule has 0 spiro atoms. The highest BCUT2D eigenvalue weighted by atomic mass is 16.5. The predicted octanol–water partition coefficient (Wildman–Crippen LogP) is 4.10. The summed E-state index contributed by atoms with van der Waals surface area (Å²) in [4.78, 5) is 17.3. The number of nitrogens with zero attached hydrogens (tertiary/aromatic N) is 2. The molecular formula is C25H38N2O3. The van der Waals surface area contributed by atoms with Crippen LogP contribution in [0.15, 0.2) is 18.7 Å². The van der Waals surface area contributed by atoms with Crippen LogP contribution in [0, 0.1) is 40.9 Å². The van der Waals surface area contributed by atoms with E-state index in [9.17, 15) is 9.90 Å². The van der Waals surface area contributed by atoms with Crippen LogP contribution in [0.1, 0.15) is 64.7 Å². The number of hydrogen-bond acceptors (Lipinski definition) is 4. The van der Waals surface area contributed by atoms with Crippen molar-refractivity contribution >= 4 is 5.78 Å². The Hall–Kier alpha value is -1.20. The minimum Gasteiger partial charge on any atom is -0.387 e. The van der Waals surface area contributed by atoms with E-state index in [4.69, 9.17) is 4.74 Å². The monoisotopic (exact) mass is 414 g/mol. The third kappa shape index (κ3) is 3.37. The molecule has 0 radical (unpaired) electrons. The second-order valence-corrected chi connectivity index (χ2v) is 11.2. The summed E-state index contributed by atoms with van der Waals surface area (Å²) < 4.78 is 7.25. The van der Waals surface area contributed by atoms with Crippen molar-refractivity contribution < 1.29 is 14.6 Å². The molecule has 4 aliphatic rings. The number of Topliss-reactive ketones (excluding diaryl/α,β-unsaturated/α-hetero) is 1. The van der Waals surface area contributed by atoms with Gasteiger partial charge in [-0.3, -0.25) is 4.79 Å². The highest BCUT2D eigenvalue weighted by Crippen LogP contribution is 2.64. The van der Waals surface area contributed by atoms with Crippen LogP contribution in [0.25, 0.3) is 0 Å². The number of ether oxygens (including phenoxy) is 1. The van der Waals surface area contributed by atoms with Crippen molar-refractivity contribution in [3.05, 3.63) is 18.7 Å². The molecule has 0 aliphatic heterocycles. The molecule has 4 fully saturated rings. The average Bonchev–Trinajstić information content (AvgIpc) is 3.34. The first-order chi connectivity index (χ1) is 14.4. The molecular weight excluding hydrogens is 376 g/mol. The Kier molecular flexibility index (Phi) is 5.34. The molecule has 8 atom stereocenters. The highest BCUT2D eigenvalue weighted by Gasteiger charge is 2.58. The van der Waals surface area contributed by atoms with Crippen molar-refractivity contribution in [3.8, 4) is 0 Å². The van der Waals surface area contributed by atoms with E-state index in [0.29, 0.717) is 30.8 Å². The summed E-state index contributed by atoms with van der Waals surface area (Å²) in [5.41, 5.74) is -0.429. The molecule has 5 rings (SSSR count). The lowest BCUT2D eigenvalue weighted by atomic mass is 9.49. The molecule has 0 bridgehead atoms. The second-order valence-electron chi connectivity index (χ2n) is 11.2. The Morgan fingerprint density at radius 2 is 1.97 bits per heavy atom. The molecule has 0 saturated heterocycles. The van der Waals surface area contributed by atoms with Crippen LogP contribution >= 0.6 is 0 Å². The van der Waals surface area contributed by atoms with Gasteiger partial charge in [0.2, 0.25) is 0 Å². The maximum atomic E-state index is 13.2. The van der Waals surface area contributed by atoms with Gasteiger partial charge >= 0.3 is 0 Å². The number of aromatic nitrogens is 2. The molecule has 1 aromatic rings. The van der Waals surface area contributed by atoms with Gasteiger partial charge in [-0.2, -0.15) is 0 Å². The molecule has 1 heterocycles. The molecule has 1 N–H and O–H groups in total. The molecule has 1 aromatic heterocycles. The number of carbonyl (C=O) groups excluding carboxylic acids is 1. The van der Waals surface area contributed by atoms with Gasteiger partial charge in [-0.25, -0.2) is 4.98 Å². The van der Waals surface area contributed by atoms with Crippen LogP contribution in [-0.2, 0) is 16.1 Å². The van der Waals surface area contributed by atoms with Crippen LogP contribution in [0.4, 0.5) is 0 Å². The zero-order valence-electron chi connectivity index (χ0n) is 18.6. The number of hydrogen-bond donors (Lipinski definition) is 1. The molecule has 0 aromatic carbocycles. The van der Waals surface area contributed by atoms with Crippen LogP contribution in [-0.4, -0.2) is 39.8 Å². The minimum atomic E-state index is -0.607. The fourth-order valence-electron chi connectivity index (χ4n) is 8.56. The van der Waals surface area contributed by atoms with Crippen LogP contribution < -0.4 is 0 Å². The summed E-state index contributed by atoms with van der Waals surface area (Å²) in [5, 5.41) is 10.9. The minimum absolute atomic E-state index is 0.178. The van der Waals surface area contributed by atoms with Gasteiger partial charge in [-0.1, -0.05) is 6.92 Å². The highest BCUT2D eigenvalue weighted by molar-refractivity contribution is 5.82. The maximum Gasteiger partial charge on any atom is 0.156 e. The summed E-state index contributed by atoms with van der Waals surface area (Å²) in [6.45, 7) is 3.39. The van der Waals surface area contributed by atoms with Crippen LogP contribution in [0.3, 0.4) is 0 Å². The maximum absolute atomic E-state index is 13.2. The summed E-state index contributed by atoms with van der Waals surface area (Å²) >= 11 is 0. The summed E-state index contributed by atoms with van der Waals surface area (Å²) in [6, 6.07) is 0.